The summed E-state index contributed by atoms with van der Waals surface area (Å²) in [6, 6.07) is 0. The zero-order chi connectivity index (χ0) is 17.5. The first-order chi connectivity index (χ1) is 11.1. The largest absolute Gasteiger partial charge is 0.463 e. The van der Waals surface area contributed by atoms with Gasteiger partial charge in [0.05, 0.1) is 6.61 Å². The minimum absolute atomic E-state index is 0.244. The van der Waals surface area contributed by atoms with E-state index in [-0.39, 0.29) is 5.97 Å². The molecule has 0 amide bonds. The van der Waals surface area contributed by atoms with Crippen LogP contribution in [-0.4, -0.2) is 12.6 Å². The van der Waals surface area contributed by atoms with Crippen LogP contribution in [0.3, 0.4) is 0 Å². The molecule has 0 spiro atoms. The van der Waals surface area contributed by atoms with Gasteiger partial charge in [-0.05, 0) is 49.3 Å². The zero-order valence-corrected chi connectivity index (χ0v) is 15.9. The fourth-order valence-corrected chi connectivity index (χ4v) is 2.70. The smallest absolute Gasteiger partial charge is 0.330 e. The molecule has 0 heterocycles. The van der Waals surface area contributed by atoms with Crippen molar-refractivity contribution in [2.24, 2.45) is 0 Å². The van der Waals surface area contributed by atoms with Crippen molar-refractivity contribution in [2.75, 3.05) is 6.61 Å². The van der Waals surface area contributed by atoms with Crippen molar-refractivity contribution >= 4 is 5.97 Å². The van der Waals surface area contributed by atoms with E-state index in [0.29, 0.717) is 6.61 Å². The molecule has 0 saturated carbocycles. The average molecular weight is 321 g/mol. The first-order valence-corrected chi connectivity index (χ1v) is 9.40. The van der Waals surface area contributed by atoms with Crippen LogP contribution in [0, 0.1) is 0 Å². The monoisotopic (exact) mass is 320 g/mol. The molecule has 23 heavy (non-hydrogen) atoms. The quantitative estimate of drug-likeness (QED) is 0.232. The van der Waals surface area contributed by atoms with Gasteiger partial charge in [0.25, 0.3) is 0 Å². The minimum Gasteiger partial charge on any atom is -0.463 e. The third-order valence-electron chi connectivity index (χ3n) is 3.70. The molecule has 0 unspecified atom stereocenters. The molecule has 2 nitrogen and oxygen atoms in total. The Hall–Kier alpha value is -1.31. The molecule has 0 fully saturated rings. The molecule has 0 aromatic carbocycles. The Morgan fingerprint density at radius 2 is 1.48 bits per heavy atom. The summed E-state index contributed by atoms with van der Waals surface area (Å²) < 4.78 is 5.02. The molecule has 0 bridgehead atoms. The lowest BCUT2D eigenvalue weighted by Crippen LogP contribution is -2.01. The van der Waals surface area contributed by atoms with E-state index in [1.54, 1.807) is 6.08 Å². The number of allylic oxidation sites excluding steroid dienone is 5. The lowest BCUT2D eigenvalue weighted by atomic mass is 9.89. The topological polar surface area (TPSA) is 26.3 Å². The molecule has 0 N–H and O–H groups in total. The van der Waals surface area contributed by atoms with Crippen LogP contribution in [-0.2, 0) is 9.53 Å². The lowest BCUT2D eigenvalue weighted by Gasteiger charge is -2.16. The number of carbonyl (C=O) groups excluding carboxylic acids is 1. The molecule has 0 saturated heterocycles. The highest BCUT2D eigenvalue weighted by atomic mass is 16.5. The fourth-order valence-electron chi connectivity index (χ4n) is 2.70. The molecule has 2 heteroatoms. The van der Waals surface area contributed by atoms with Crippen LogP contribution < -0.4 is 0 Å². The summed E-state index contributed by atoms with van der Waals surface area (Å²) in [6.07, 6.45) is 14.9. The van der Waals surface area contributed by atoms with Gasteiger partial charge in [-0.15, -0.1) is 0 Å². The van der Waals surface area contributed by atoms with Crippen LogP contribution >= 0.6 is 0 Å². The molecule has 0 rings (SSSR count). The Kier molecular flexibility index (Phi) is 13.5. The summed E-state index contributed by atoms with van der Waals surface area (Å²) >= 11 is 0. The Morgan fingerprint density at radius 3 is 2.00 bits per heavy atom. The first kappa shape index (κ1) is 21.7. The molecule has 0 aliphatic carbocycles. The Bertz CT molecular complexity index is 414. The maximum Gasteiger partial charge on any atom is 0.330 e. The SMILES string of the molecule is CCC/C=C(CCC)/C(CCC)=C(\C=C\C(=O)OCC)CCC. The van der Waals surface area contributed by atoms with Gasteiger partial charge in [-0.3, -0.25) is 0 Å². The third-order valence-corrected chi connectivity index (χ3v) is 3.70. The predicted molar refractivity (Wildman–Crippen MR) is 101 cm³/mol. The van der Waals surface area contributed by atoms with E-state index in [4.69, 9.17) is 4.74 Å². The van der Waals surface area contributed by atoms with Crippen LogP contribution in [0.5, 0.6) is 0 Å². The van der Waals surface area contributed by atoms with Crippen molar-refractivity contribution in [3.05, 3.63) is 34.9 Å². The molecule has 0 atom stereocenters. The van der Waals surface area contributed by atoms with Gasteiger partial charge in [-0.1, -0.05) is 65.5 Å². The second kappa shape index (κ2) is 14.3. The van der Waals surface area contributed by atoms with Gasteiger partial charge in [-0.25, -0.2) is 4.79 Å². The van der Waals surface area contributed by atoms with Gasteiger partial charge >= 0.3 is 5.97 Å². The molecule has 132 valence electrons. The first-order valence-electron chi connectivity index (χ1n) is 9.40. The van der Waals surface area contributed by atoms with Crippen molar-refractivity contribution in [1.29, 1.82) is 0 Å². The van der Waals surface area contributed by atoms with Gasteiger partial charge in [0.1, 0.15) is 0 Å². The number of esters is 1. The van der Waals surface area contributed by atoms with Crippen LogP contribution in [0.4, 0.5) is 0 Å². The van der Waals surface area contributed by atoms with E-state index < -0.39 is 0 Å². The van der Waals surface area contributed by atoms with E-state index in [1.165, 1.54) is 23.1 Å². The summed E-state index contributed by atoms with van der Waals surface area (Å²) in [5, 5.41) is 0. The number of ether oxygens (including phenoxy) is 1. The van der Waals surface area contributed by atoms with Crippen LogP contribution in [0.1, 0.15) is 86.0 Å². The summed E-state index contributed by atoms with van der Waals surface area (Å²) in [4.78, 5) is 11.7. The fraction of sp³-hybridized carbons (Fsp3) is 0.667. The minimum atomic E-state index is -0.244. The third kappa shape index (κ3) is 9.43. The summed E-state index contributed by atoms with van der Waals surface area (Å²) in [7, 11) is 0. The second-order valence-corrected chi connectivity index (χ2v) is 5.86. The molecular formula is C21H36O2. The zero-order valence-electron chi connectivity index (χ0n) is 15.9. The summed E-state index contributed by atoms with van der Waals surface area (Å²) in [5.41, 5.74) is 4.23. The van der Waals surface area contributed by atoms with Gasteiger partial charge in [-0.2, -0.15) is 0 Å². The van der Waals surface area contributed by atoms with Crippen LogP contribution in [0.2, 0.25) is 0 Å². The normalized spacial score (nSPS) is 13.3. The lowest BCUT2D eigenvalue weighted by molar-refractivity contribution is -0.137. The van der Waals surface area contributed by atoms with Crippen molar-refractivity contribution in [3.63, 3.8) is 0 Å². The van der Waals surface area contributed by atoms with Gasteiger partial charge < -0.3 is 4.74 Å². The molecule has 0 radical (unpaired) electrons. The number of hydrogen-bond acceptors (Lipinski definition) is 2. The highest BCUT2D eigenvalue weighted by Gasteiger charge is 2.09. The summed E-state index contributed by atoms with van der Waals surface area (Å²) in [6.45, 7) is 11.1. The van der Waals surface area contributed by atoms with E-state index in [0.717, 1.165) is 44.9 Å². The molecule has 0 aromatic rings. The Balaban J connectivity index is 5.65. The van der Waals surface area contributed by atoms with Crippen molar-refractivity contribution in [1.82, 2.24) is 0 Å². The van der Waals surface area contributed by atoms with Crippen LogP contribution in [0.15, 0.2) is 34.9 Å². The summed E-state index contributed by atoms with van der Waals surface area (Å²) in [5.74, 6) is -0.244. The van der Waals surface area contributed by atoms with Crippen LogP contribution in [0.25, 0.3) is 0 Å². The van der Waals surface area contributed by atoms with E-state index in [1.807, 2.05) is 13.0 Å². The van der Waals surface area contributed by atoms with Crippen molar-refractivity contribution in [3.8, 4) is 0 Å². The van der Waals surface area contributed by atoms with E-state index in [9.17, 15) is 4.79 Å². The van der Waals surface area contributed by atoms with E-state index >= 15 is 0 Å². The van der Waals surface area contributed by atoms with Crippen molar-refractivity contribution < 1.29 is 9.53 Å². The molecular weight excluding hydrogens is 284 g/mol. The van der Waals surface area contributed by atoms with Gasteiger partial charge in [0.2, 0.25) is 0 Å². The second-order valence-electron chi connectivity index (χ2n) is 5.86. The number of unbranched alkanes of at least 4 members (excludes halogenated alkanes) is 1. The molecule has 0 aliphatic rings. The highest BCUT2D eigenvalue weighted by molar-refractivity contribution is 5.82. The number of rotatable bonds is 12. The van der Waals surface area contributed by atoms with E-state index in [2.05, 4.69) is 33.8 Å². The maximum absolute atomic E-state index is 11.7. The average Bonchev–Trinajstić information content (AvgIpc) is 2.54. The highest BCUT2D eigenvalue weighted by Crippen LogP contribution is 2.28. The van der Waals surface area contributed by atoms with Crippen molar-refractivity contribution in [2.45, 2.75) is 86.0 Å². The Labute approximate surface area is 143 Å². The molecule has 0 aromatic heterocycles. The predicted octanol–water partition coefficient (Wildman–Crippen LogP) is 6.53. The number of carbonyl (C=O) groups is 1. The number of hydrogen-bond donors (Lipinski definition) is 0. The van der Waals surface area contributed by atoms with Gasteiger partial charge in [0, 0.05) is 6.08 Å². The maximum atomic E-state index is 11.7. The molecule has 0 aliphatic heterocycles. The van der Waals surface area contributed by atoms with Gasteiger partial charge in [0.15, 0.2) is 0 Å². The standard InChI is InChI=1S/C21H36O2/c1-6-11-15-18(12-7-2)20(14-9-4)19(13-8-3)16-17-21(22)23-10-5/h15-17H,6-14H2,1-5H3/b17-16+,18-15+,20-19-. The Morgan fingerprint density at radius 1 is 0.826 bits per heavy atom.